The van der Waals surface area contributed by atoms with Crippen LogP contribution in [0.3, 0.4) is 0 Å². The Hall–Kier alpha value is -2.00. The highest BCUT2D eigenvalue weighted by molar-refractivity contribution is 7.89. The van der Waals surface area contributed by atoms with Gasteiger partial charge in [0.05, 0.1) is 20.0 Å². The van der Waals surface area contributed by atoms with E-state index in [0.717, 1.165) is 12.0 Å². The lowest BCUT2D eigenvalue weighted by atomic mass is 10.1. The van der Waals surface area contributed by atoms with Crippen LogP contribution < -0.4 is 20.1 Å². The summed E-state index contributed by atoms with van der Waals surface area (Å²) < 4.78 is 35.3. The Morgan fingerprint density at radius 1 is 1.15 bits per heavy atom. The predicted molar refractivity (Wildman–Crippen MR) is 109 cm³/mol. The lowest BCUT2D eigenvalue weighted by Gasteiger charge is -2.17. The number of rotatable bonds is 11. The monoisotopic (exact) mass is 400 g/mol. The second kappa shape index (κ2) is 11.7. The molecular formula is C18H32N4O4S. The minimum absolute atomic E-state index is 0.121. The molecule has 9 heteroatoms. The second-order valence-electron chi connectivity index (χ2n) is 5.94. The second-order valence-corrected chi connectivity index (χ2v) is 8.31. The van der Waals surface area contributed by atoms with Crippen LogP contribution in [0.4, 0.5) is 0 Å². The molecule has 0 aromatic heterocycles. The van der Waals surface area contributed by atoms with Crippen molar-refractivity contribution in [2.24, 2.45) is 4.99 Å². The van der Waals surface area contributed by atoms with Gasteiger partial charge in [0.15, 0.2) is 17.5 Å². The van der Waals surface area contributed by atoms with Crippen LogP contribution in [-0.4, -0.2) is 72.4 Å². The molecule has 1 aromatic carbocycles. The number of hydrogen-bond donors (Lipinski definition) is 2. The van der Waals surface area contributed by atoms with Gasteiger partial charge in [0.2, 0.25) is 10.0 Å². The van der Waals surface area contributed by atoms with Crippen LogP contribution in [-0.2, 0) is 16.4 Å². The van der Waals surface area contributed by atoms with Crippen molar-refractivity contribution in [3.63, 3.8) is 0 Å². The molecule has 0 saturated carbocycles. The van der Waals surface area contributed by atoms with E-state index < -0.39 is 10.0 Å². The molecule has 0 aliphatic heterocycles. The van der Waals surface area contributed by atoms with Crippen molar-refractivity contribution < 1.29 is 17.9 Å². The summed E-state index contributed by atoms with van der Waals surface area (Å²) in [6.45, 7) is 3.47. The molecule has 0 aliphatic rings. The highest BCUT2D eigenvalue weighted by atomic mass is 32.2. The molecular weight excluding hydrogens is 368 g/mol. The Morgan fingerprint density at radius 2 is 1.81 bits per heavy atom. The molecule has 0 radical (unpaired) electrons. The average Bonchev–Trinajstić information content (AvgIpc) is 2.69. The van der Waals surface area contributed by atoms with Gasteiger partial charge < -0.3 is 20.1 Å². The predicted octanol–water partition coefficient (Wildman–Crippen LogP) is 1.08. The molecule has 2 N–H and O–H groups in total. The fraction of sp³-hybridized carbons (Fsp3) is 0.611. The van der Waals surface area contributed by atoms with E-state index in [1.54, 1.807) is 35.2 Å². The first-order valence-corrected chi connectivity index (χ1v) is 10.6. The summed E-state index contributed by atoms with van der Waals surface area (Å²) in [6, 6.07) is 5.85. The van der Waals surface area contributed by atoms with Gasteiger partial charge in [-0.3, -0.25) is 4.99 Å². The van der Waals surface area contributed by atoms with Crippen molar-refractivity contribution in [2.75, 3.05) is 53.7 Å². The Kier molecular flexibility index (Phi) is 9.95. The number of nitrogens with one attached hydrogen (secondary N) is 2. The van der Waals surface area contributed by atoms with Crippen LogP contribution in [0, 0.1) is 0 Å². The largest absolute Gasteiger partial charge is 0.493 e. The van der Waals surface area contributed by atoms with E-state index in [9.17, 15) is 8.42 Å². The van der Waals surface area contributed by atoms with Gasteiger partial charge in [0.1, 0.15) is 0 Å². The molecule has 0 amide bonds. The standard InChI is InChI=1S/C18H32N4O4S/c1-6-27(23,24)22(3)13-7-11-20-18(19-2)21-12-10-15-8-9-16(25-4)17(14-15)26-5/h8-9,14H,6-7,10-13H2,1-5H3,(H2,19,20,21). The molecule has 0 saturated heterocycles. The fourth-order valence-electron chi connectivity index (χ4n) is 2.45. The van der Waals surface area contributed by atoms with Gasteiger partial charge in [0, 0.05) is 33.7 Å². The Morgan fingerprint density at radius 3 is 2.41 bits per heavy atom. The summed E-state index contributed by atoms with van der Waals surface area (Å²) in [5, 5.41) is 6.44. The van der Waals surface area contributed by atoms with E-state index in [1.807, 2.05) is 18.2 Å². The zero-order chi connectivity index (χ0) is 20.3. The Labute approximate surface area is 163 Å². The molecule has 0 unspecified atom stereocenters. The first kappa shape index (κ1) is 23.0. The van der Waals surface area contributed by atoms with Crippen LogP contribution in [0.5, 0.6) is 11.5 Å². The highest BCUT2D eigenvalue weighted by Gasteiger charge is 2.13. The van der Waals surface area contributed by atoms with Crippen molar-refractivity contribution >= 4 is 16.0 Å². The van der Waals surface area contributed by atoms with Crippen LogP contribution in [0.25, 0.3) is 0 Å². The minimum atomic E-state index is -3.12. The first-order chi connectivity index (χ1) is 12.9. The summed E-state index contributed by atoms with van der Waals surface area (Å²) >= 11 is 0. The van der Waals surface area contributed by atoms with Gasteiger partial charge in [-0.1, -0.05) is 6.07 Å². The number of hydrogen-bond acceptors (Lipinski definition) is 5. The molecule has 154 valence electrons. The summed E-state index contributed by atoms with van der Waals surface area (Å²) in [7, 11) is 3.43. The molecule has 0 atom stereocenters. The number of nitrogens with zero attached hydrogens (tertiary/aromatic N) is 2. The van der Waals surface area contributed by atoms with E-state index in [1.165, 1.54) is 4.31 Å². The number of sulfonamides is 1. The number of benzene rings is 1. The molecule has 0 bridgehead atoms. The Bertz CT molecular complexity index is 707. The van der Waals surface area contributed by atoms with Gasteiger partial charge in [-0.15, -0.1) is 0 Å². The number of guanidine groups is 1. The van der Waals surface area contributed by atoms with Crippen molar-refractivity contribution in [1.82, 2.24) is 14.9 Å². The molecule has 0 spiro atoms. The molecule has 1 rings (SSSR count). The summed E-state index contributed by atoms with van der Waals surface area (Å²) in [5.41, 5.74) is 1.13. The summed E-state index contributed by atoms with van der Waals surface area (Å²) in [6.07, 6.45) is 1.50. The van der Waals surface area contributed by atoms with Gasteiger partial charge in [0.25, 0.3) is 0 Å². The third kappa shape index (κ3) is 7.64. The van der Waals surface area contributed by atoms with Crippen molar-refractivity contribution in [3.8, 4) is 11.5 Å². The van der Waals surface area contributed by atoms with Crippen molar-refractivity contribution in [2.45, 2.75) is 19.8 Å². The maximum atomic E-state index is 11.7. The summed E-state index contributed by atoms with van der Waals surface area (Å²) in [4.78, 5) is 4.18. The molecule has 27 heavy (non-hydrogen) atoms. The highest BCUT2D eigenvalue weighted by Crippen LogP contribution is 2.27. The van der Waals surface area contributed by atoms with Crippen LogP contribution >= 0.6 is 0 Å². The minimum Gasteiger partial charge on any atom is -0.493 e. The van der Waals surface area contributed by atoms with Gasteiger partial charge in [-0.25, -0.2) is 12.7 Å². The first-order valence-electron chi connectivity index (χ1n) is 8.97. The average molecular weight is 401 g/mol. The van der Waals surface area contributed by atoms with Gasteiger partial charge in [-0.2, -0.15) is 0 Å². The maximum Gasteiger partial charge on any atom is 0.213 e. The van der Waals surface area contributed by atoms with Crippen LogP contribution in [0.1, 0.15) is 18.9 Å². The van der Waals surface area contributed by atoms with E-state index in [4.69, 9.17) is 9.47 Å². The third-order valence-corrected chi connectivity index (χ3v) is 6.02. The number of aliphatic imine (C=N–C) groups is 1. The zero-order valence-electron chi connectivity index (χ0n) is 16.9. The van der Waals surface area contributed by atoms with Crippen LogP contribution in [0.2, 0.25) is 0 Å². The molecule has 8 nitrogen and oxygen atoms in total. The third-order valence-electron chi connectivity index (χ3n) is 4.16. The van der Waals surface area contributed by atoms with E-state index >= 15 is 0 Å². The Balaban J connectivity index is 2.37. The maximum absolute atomic E-state index is 11.7. The molecule has 0 fully saturated rings. The summed E-state index contributed by atoms with van der Waals surface area (Å²) in [5.74, 6) is 2.23. The SMILES string of the molecule is CCS(=O)(=O)N(C)CCCNC(=NC)NCCc1ccc(OC)c(OC)c1. The molecule has 0 heterocycles. The van der Waals surface area contributed by atoms with Crippen LogP contribution in [0.15, 0.2) is 23.2 Å². The van der Waals surface area contributed by atoms with Gasteiger partial charge >= 0.3 is 0 Å². The zero-order valence-corrected chi connectivity index (χ0v) is 17.7. The number of ether oxygens (including phenoxy) is 2. The fourth-order valence-corrected chi connectivity index (χ4v) is 3.30. The van der Waals surface area contributed by atoms with E-state index in [2.05, 4.69) is 15.6 Å². The lowest BCUT2D eigenvalue weighted by Crippen LogP contribution is -2.39. The number of methoxy groups -OCH3 is 2. The smallest absolute Gasteiger partial charge is 0.213 e. The van der Waals surface area contributed by atoms with Crippen molar-refractivity contribution in [1.29, 1.82) is 0 Å². The molecule has 1 aromatic rings. The topological polar surface area (TPSA) is 92.3 Å². The normalized spacial score (nSPS) is 12.1. The molecule has 0 aliphatic carbocycles. The van der Waals surface area contributed by atoms with Gasteiger partial charge in [-0.05, 0) is 37.5 Å². The van der Waals surface area contributed by atoms with E-state index in [-0.39, 0.29) is 5.75 Å². The van der Waals surface area contributed by atoms with Crippen molar-refractivity contribution in [3.05, 3.63) is 23.8 Å². The lowest BCUT2D eigenvalue weighted by molar-refractivity contribution is 0.354. The van der Waals surface area contributed by atoms with E-state index in [0.29, 0.717) is 43.5 Å². The quantitative estimate of drug-likeness (QED) is 0.328.